The van der Waals surface area contributed by atoms with Crippen LogP contribution in [0.3, 0.4) is 0 Å². The molecule has 0 radical (unpaired) electrons. The lowest BCUT2D eigenvalue weighted by Crippen LogP contribution is -2.57. The van der Waals surface area contributed by atoms with Crippen molar-refractivity contribution in [2.45, 2.75) is 70.5 Å². The van der Waals surface area contributed by atoms with Crippen molar-refractivity contribution in [3.63, 3.8) is 0 Å². The standard InChI is InChI=1S/C25H40O4/c1-16-5-4-6-17-7-8-18-20(24(16,17)2)9-10-25-15-28-11-12-29-22(25)13-19(23(18)25)21(26)14-27-3/h17-23,26H,1,4-15H2,2-3H3/t17-,18-,19-,20+,21+,22?,23-,24+,25+/m1/s1. The SMILES string of the molecule is C=C1CCC[C@@H]2CC[C@H]3[C@@H]4[C@@H]([C@@H](O)COC)CC5OCCOC[C@@]54CC[C@@H]3[C@@]12C. The molecule has 1 spiro atoms. The topological polar surface area (TPSA) is 47.9 Å². The summed E-state index contributed by atoms with van der Waals surface area (Å²) in [6, 6.07) is 0. The first-order valence-electron chi connectivity index (χ1n) is 12.1. The van der Waals surface area contributed by atoms with Gasteiger partial charge in [-0.1, -0.05) is 19.1 Å². The smallest absolute Gasteiger partial charge is 0.0805 e. The van der Waals surface area contributed by atoms with Crippen molar-refractivity contribution >= 4 is 0 Å². The van der Waals surface area contributed by atoms with Crippen LogP contribution in [0.15, 0.2) is 12.2 Å². The maximum atomic E-state index is 11.1. The van der Waals surface area contributed by atoms with Gasteiger partial charge in [0.2, 0.25) is 0 Å². The van der Waals surface area contributed by atoms with E-state index in [1.54, 1.807) is 7.11 Å². The number of allylic oxidation sites excluding steroid dienone is 1. The van der Waals surface area contributed by atoms with Crippen molar-refractivity contribution in [3.05, 3.63) is 12.2 Å². The third-order valence-corrected chi connectivity index (χ3v) is 10.2. The molecule has 29 heavy (non-hydrogen) atoms. The Hall–Kier alpha value is -0.420. The Morgan fingerprint density at radius 3 is 2.93 bits per heavy atom. The second-order valence-corrected chi connectivity index (χ2v) is 11.0. The van der Waals surface area contributed by atoms with Crippen LogP contribution in [0.1, 0.15) is 58.3 Å². The average Bonchev–Trinajstić information content (AvgIpc) is 2.91. The van der Waals surface area contributed by atoms with Crippen LogP contribution in [0.2, 0.25) is 0 Å². The summed E-state index contributed by atoms with van der Waals surface area (Å²) < 4.78 is 17.9. The van der Waals surface area contributed by atoms with Crippen molar-refractivity contribution in [2.75, 3.05) is 33.5 Å². The molecular weight excluding hydrogens is 364 g/mol. The fraction of sp³-hybridized carbons (Fsp3) is 0.920. The summed E-state index contributed by atoms with van der Waals surface area (Å²) in [5.74, 6) is 2.88. The van der Waals surface area contributed by atoms with E-state index < -0.39 is 6.10 Å². The van der Waals surface area contributed by atoms with Crippen molar-refractivity contribution in [1.29, 1.82) is 0 Å². The normalized spacial score (nSPS) is 50.7. The third-order valence-electron chi connectivity index (χ3n) is 10.2. The van der Waals surface area contributed by atoms with Crippen molar-refractivity contribution < 1.29 is 19.3 Å². The summed E-state index contributed by atoms with van der Waals surface area (Å²) in [6.07, 6.45) is 9.75. The van der Waals surface area contributed by atoms with Crippen molar-refractivity contribution in [3.8, 4) is 0 Å². The van der Waals surface area contributed by atoms with Crippen LogP contribution in [-0.2, 0) is 14.2 Å². The van der Waals surface area contributed by atoms with E-state index in [0.29, 0.717) is 37.6 Å². The van der Waals surface area contributed by atoms with Gasteiger partial charge in [0.1, 0.15) is 0 Å². The summed E-state index contributed by atoms with van der Waals surface area (Å²) >= 11 is 0. The number of fused-ring (bicyclic) bond motifs is 4. The first kappa shape index (κ1) is 20.5. The number of aliphatic hydroxyl groups excluding tert-OH is 1. The number of hydrogen-bond acceptors (Lipinski definition) is 4. The third kappa shape index (κ3) is 2.92. The number of ether oxygens (including phenoxy) is 3. The number of methoxy groups -OCH3 is 1. The van der Waals surface area contributed by atoms with E-state index in [-0.39, 0.29) is 22.9 Å². The Balaban J connectivity index is 1.53. The largest absolute Gasteiger partial charge is 0.390 e. The summed E-state index contributed by atoms with van der Waals surface area (Å²) in [7, 11) is 1.70. The Morgan fingerprint density at radius 1 is 1.24 bits per heavy atom. The maximum absolute atomic E-state index is 11.1. The molecule has 9 atom stereocenters. The van der Waals surface area contributed by atoms with Gasteiger partial charge in [0.15, 0.2) is 0 Å². The Labute approximate surface area is 176 Å². The van der Waals surface area contributed by atoms with Gasteiger partial charge in [-0.15, -0.1) is 0 Å². The molecule has 4 aliphatic carbocycles. The lowest BCUT2D eigenvalue weighted by molar-refractivity contribution is -0.142. The highest BCUT2D eigenvalue weighted by Crippen LogP contribution is 2.69. The lowest BCUT2D eigenvalue weighted by atomic mass is 9.43. The Morgan fingerprint density at radius 2 is 2.10 bits per heavy atom. The zero-order chi connectivity index (χ0) is 20.2. The molecule has 1 heterocycles. The maximum Gasteiger partial charge on any atom is 0.0805 e. The second kappa shape index (κ2) is 7.62. The molecule has 0 aromatic heterocycles. The van der Waals surface area contributed by atoms with Gasteiger partial charge in [-0.2, -0.15) is 0 Å². The molecule has 0 amide bonds. The minimum absolute atomic E-state index is 0.0796. The minimum atomic E-state index is -0.406. The van der Waals surface area contributed by atoms with Crippen LogP contribution in [-0.4, -0.2) is 50.9 Å². The van der Waals surface area contributed by atoms with Gasteiger partial charge >= 0.3 is 0 Å². The van der Waals surface area contributed by atoms with Gasteiger partial charge in [-0.05, 0) is 86.4 Å². The lowest BCUT2D eigenvalue weighted by Gasteiger charge is -2.62. The summed E-state index contributed by atoms with van der Waals surface area (Å²) in [5.41, 5.74) is 1.87. The quantitative estimate of drug-likeness (QED) is 0.716. The van der Waals surface area contributed by atoms with Crippen LogP contribution in [0.4, 0.5) is 0 Å². The van der Waals surface area contributed by atoms with Gasteiger partial charge in [0.25, 0.3) is 0 Å². The zero-order valence-electron chi connectivity index (χ0n) is 18.4. The number of aliphatic hydroxyl groups is 1. The Bertz CT molecular complexity index is 634. The fourth-order valence-electron chi connectivity index (χ4n) is 8.87. The van der Waals surface area contributed by atoms with Gasteiger partial charge in [0, 0.05) is 12.5 Å². The highest BCUT2D eigenvalue weighted by Gasteiger charge is 2.66. The molecule has 5 aliphatic rings. The molecule has 5 fully saturated rings. The first-order chi connectivity index (χ1) is 14.0. The highest BCUT2D eigenvalue weighted by atomic mass is 16.5. The minimum Gasteiger partial charge on any atom is -0.390 e. The van der Waals surface area contributed by atoms with E-state index in [4.69, 9.17) is 14.2 Å². The number of rotatable bonds is 3. The van der Waals surface area contributed by atoms with Crippen molar-refractivity contribution in [1.82, 2.24) is 0 Å². The van der Waals surface area contributed by atoms with E-state index in [2.05, 4.69) is 13.5 Å². The molecule has 4 saturated carbocycles. The predicted molar refractivity (Wildman–Crippen MR) is 113 cm³/mol. The summed E-state index contributed by atoms with van der Waals surface area (Å²) in [4.78, 5) is 0. The van der Waals surface area contributed by atoms with Crippen LogP contribution < -0.4 is 0 Å². The van der Waals surface area contributed by atoms with E-state index >= 15 is 0 Å². The molecule has 164 valence electrons. The molecule has 5 rings (SSSR count). The van der Waals surface area contributed by atoms with Gasteiger partial charge in [-0.25, -0.2) is 0 Å². The zero-order valence-corrected chi connectivity index (χ0v) is 18.4. The van der Waals surface area contributed by atoms with Crippen molar-refractivity contribution in [2.24, 2.45) is 40.4 Å². The summed E-state index contributed by atoms with van der Waals surface area (Å²) in [5, 5.41) is 11.1. The van der Waals surface area contributed by atoms with Gasteiger partial charge in [-0.3, -0.25) is 0 Å². The monoisotopic (exact) mass is 404 g/mol. The molecule has 4 nitrogen and oxygen atoms in total. The van der Waals surface area contributed by atoms with Gasteiger partial charge in [0.05, 0.1) is 38.6 Å². The van der Waals surface area contributed by atoms with E-state index in [9.17, 15) is 5.11 Å². The molecule has 4 heteroatoms. The van der Waals surface area contributed by atoms with E-state index in [1.807, 2.05) is 0 Å². The van der Waals surface area contributed by atoms with Crippen LogP contribution >= 0.6 is 0 Å². The molecule has 0 bridgehead atoms. The molecule has 1 saturated heterocycles. The van der Waals surface area contributed by atoms with Crippen LogP contribution in [0.25, 0.3) is 0 Å². The van der Waals surface area contributed by atoms with Gasteiger partial charge < -0.3 is 19.3 Å². The fourth-order valence-corrected chi connectivity index (χ4v) is 8.87. The number of hydrogen-bond donors (Lipinski definition) is 1. The van der Waals surface area contributed by atoms with E-state index in [1.165, 1.54) is 50.5 Å². The molecular formula is C25H40O4. The second-order valence-electron chi connectivity index (χ2n) is 11.0. The van der Waals surface area contributed by atoms with Crippen LogP contribution in [0, 0.1) is 40.4 Å². The predicted octanol–water partition coefficient (Wildman–Crippen LogP) is 4.21. The first-order valence-corrected chi connectivity index (χ1v) is 12.1. The molecule has 0 aromatic rings. The highest BCUT2D eigenvalue weighted by molar-refractivity contribution is 5.22. The molecule has 1 unspecified atom stereocenters. The molecule has 0 aromatic carbocycles. The molecule has 1 N–H and O–H groups in total. The Kier molecular flexibility index (Phi) is 5.38. The summed E-state index contributed by atoms with van der Waals surface area (Å²) in [6.45, 7) is 9.78. The molecule has 1 aliphatic heterocycles. The van der Waals surface area contributed by atoms with Crippen LogP contribution in [0.5, 0.6) is 0 Å². The average molecular weight is 405 g/mol. The van der Waals surface area contributed by atoms with E-state index in [0.717, 1.165) is 18.9 Å².